The number of hydrogen-bond acceptors (Lipinski definition) is 1. The summed E-state index contributed by atoms with van der Waals surface area (Å²) < 4.78 is 14.2. The summed E-state index contributed by atoms with van der Waals surface area (Å²) in [5.74, 6) is 0.489. The van der Waals surface area contributed by atoms with Gasteiger partial charge < -0.3 is 5.32 Å². The van der Waals surface area contributed by atoms with E-state index in [2.05, 4.69) is 21.2 Å². The monoisotopic (exact) mass is 305 g/mol. The van der Waals surface area contributed by atoms with Crippen molar-refractivity contribution < 1.29 is 4.39 Å². The molecule has 0 radical (unpaired) electrons. The fourth-order valence-corrected chi connectivity index (χ4v) is 2.33. The van der Waals surface area contributed by atoms with Gasteiger partial charge in [0.1, 0.15) is 5.82 Å². The van der Waals surface area contributed by atoms with E-state index in [4.69, 9.17) is 11.6 Å². The van der Waals surface area contributed by atoms with Crippen LogP contribution in [0, 0.1) is 11.7 Å². The van der Waals surface area contributed by atoms with Crippen molar-refractivity contribution in [1.82, 2.24) is 5.32 Å². The van der Waals surface area contributed by atoms with Gasteiger partial charge in [0.25, 0.3) is 0 Å². The Morgan fingerprint density at radius 1 is 1.50 bits per heavy atom. The summed E-state index contributed by atoms with van der Waals surface area (Å²) in [5, 5.41) is 3.39. The predicted molar refractivity (Wildman–Crippen MR) is 68.2 cm³/mol. The molecule has 1 fully saturated rings. The molecule has 0 spiro atoms. The molecule has 0 amide bonds. The van der Waals surface area contributed by atoms with E-state index >= 15 is 0 Å². The second-order valence-corrected chi connectivity index (χ2v) is 5.70. The summed E-state index contributed by atoms with van der Waals surface area (Å²) in [4.78, 5) is 0. The van der Waals surface area contributed by atoms with Crippen LogP contribution in [0.4, 0.5) is 4.39 Å². The van der Waals surface area contributed by atoms with Crippen LogP contribution >= 0.6 is 27.5 Å². The lowest BCUT2D eigenvalue weighted by Crippen LogP contribution is -2.24. The minimum Gasteiger partial charge on any atom is -0.311 e. The Labute approximate surface area is 109 Å². The van der Waals surface area contributed by atoms with E-state index in [-0.39, 0.29) is 11.2 Å². The van der Waals surface area contributed by atoms with Gasteiger partial charge in [0.15, 0.2) is 0 Å². The highest BCUT2D eigenvalue weighted by atomic mass is 79.9. The van der Waals surface area contributed by atoms with Gasteiger partial charge in [-0.2, -0.15) is 0 Å². The Balaban J connectivity index is 1.80. The molecule has 1 aliphatic rings. The number of benzene rings is 1. The fraction of sp³-hybridized carbons (Fsp3) is 0.500. The van der Waals surface area contributed by atoms with Crippen LogP contribution in [-0.4, -0.2) is 11.9 Å². The third-order valence-corrected chi connectivity index (χ3v) is 3.81. The molecular weight excluding hydrogens is 292 g/mol. The molecule has 1 aliphatic carbocycles. The molecule has 1 unspecified atom stereocenters. The molecule has 1 nitrogen and oxygen atoms in total. The Bertz CT molecular complexity index is 368. The summed E-state index contributed by atoms with van der Waals surface area (Å²) >= 11 is 9.38. The van der Waals surface area contributed by atoms with Crippen LogP contribution < -0.4 is 5.32 Å². The third-order valence-electron chi connectivity index (χ3n) is 2.80. The van der Waals surface area contributed by atoms with Gasteiger partial charge in [-0.05, 0) is 30.9 Å². The molecule has 4 heteroatoms. The van der Waals surface area contributed by atoms with Crippen molar-refractivity contribution in [2.45, 2.75) is 24.8 Å². The van der Waals surface area contributed by atoms with Gasteiger partial charge in [-0.25, -0.2) is 4.39 Å². The first-order chi connectivity index (χ1) is 7.66. The van der Waals surface area contributed by atoms with Gasteiger partial charge >= 0.3 is 0 Å². The zero-order chi connectivity index (χ0) is 11.5. The Hall–Kier alpha value is -0.120. The molecular formula is C12H14BrClFN. The van der Waals surface area contributed by atoms with E-state index in [1.54, 1.807) is 6.07 Å². The number of alkyl halides is 1. The van der Waals surface area contributed by atoms with Crippen LogP contribution in [0.2, 0.25) is 0 Å². The van der Waals surface area contributed by atoms with Gasteiger partial charge in [-0.15, -0.1) is 11.6 Å². The zero-order valence-corrected chi connectivity index (χ0v) is 11.2. The highest BCUT2D eigenvalue weighted by molar-refractivity contribution is 9.10. The maximum atomic E-state index is 13.4. The summed E-state index contributed by atoms with van der Waals surface area (Å²) in [6.45, 7) is 1.29. The molecule has 16 heavy (non-hydrogen) atoms. The average Bonchev–Trinajstić information content (AvgIpc) is 3.04. The predicted octanol–water partition coefficient (Wildman–Crippen LogP) is 3.70. The van der Waals surface area contributed by atoms with Gasteiger partial charge in [-0.1, -0.05) is 22.0 Å². The van der Waals surface area contributed by atoms with E-state index in [1.807, 2.05) is 6.07 Å². The molecule has 0 bridgehead atoms. The van der Waals surface area contributed by atoms with Crippen molar-refractivity contribution in [1.29, 1.82) is 0 Å². The second-order valence-electron chi connectivity index (χ2n) is 4.22. The third kappa shape index (κ3) is 3.44. The van der Waals surface area contributed by atoms with Crippen LogP contribution in [0.1, 0.15) is 18.4 Å². The molecule has 1 atom stereocenters. The number of halogens is 3. The van der Waals surface area contributed by atoms with Gasteiger partial charge in [0.2, 0.25) is 0 Å². The molecule has 1 N–H and O–H groups in total. The lowest BCUT2D eigenvalue weighted by atomic mass is 10.2. The molecule has 0 aromatic heterocycles. The molecule has 88 valence electrons. The lowest BCUT2D eigenvalue weighted by molar-refractivity contribution is 0.573. The number of rotatable bonds is 5. The Morgan fingerprint density at radius 3 is 2.88 bits per heavy atom. The fourth-order valence-electron chi connectivity index (χ4n) is 1.63. The van der Waals surface area contributed by atoms with Crippen LogP contribution in [-0.2, 0) is 6.54 Å². The minimum atomic E-state index is -0.181. The van der Waals surface area contributed by atoms with Crippen LogP contribution in [0.5, 0.6) is 0 Å². The summed E-state index contributed by atoms with van der Waals surface area (Å²) in [6, 6.07) is 5.11. The minimum absolute atomic E-state index is 0.181. The molecule has 1 aromatic rings. The van der Waals surface area contributed by atoms with E-state index in [0.717, 1.165) is 11.0 Å². The first kappa shape index (κ1) is 12.3. The summed E-state index contributed by atoms with van der Waals surface area (Å²) in [6.07, 6.45) is 2.48. The molecule has 1 aromatic carbocycles. The SMILES string of the molecule is Fc1cc(Br)ccc1CNCC(Cl)C1CC1. The standard InChI is InChI=1S/C12H14BrClFN/c13-10-4-3-9(12(15)5-10)6-16-7-11(14)8-1-2-8/h3-5,8,11,16H,1-2,6-7H2. The maximum Gasteiger partial charge on any atom is 0.128 e. The van der Waals surface area contributed by atoms with Crippen molar-refractivity contribution in [3.05, 3.63) is 34.1 Å². The molecule has 0 heterocycles. The lowest BCUT2D eigenvalue weighted by Gasteiger charge is -2.10. The van der Waals surface area contributed by atoms with Crippen LogP contribution in [0.25, 0.3) is 0 Å². The van der Waals surface area contributed by atoms with Gasteiger partial charge in [0, 0.05) is 28.5 Å². The van der Waals surface area contributed by atoms with Crippen molar-refractivity contribution >= 4 is 27.5 Å². The highest BCUT2D eigenvalue weighted by Gasteiger charge is 2.29. The van der Waals surface area contributed by atoms with E-state index in [1.165, 1.54) is 18.9 Å². The largest absolute Gasteiger partial charge is 0.311 e. The topological polar surface area (TPSA) is 12.0 Å². The molecule has 0 aliphatic heterocycles. The molecule has 0 saturated heterocycles. The van der Waals surface area contributed by atoms with Crippen LogP contribution in [0.3, 0.4) is 0 Å². The van der Waals surface area contributed by atoms with Crippen molar-refractivity contribution in [3.63, 3.8) is 0 Å². The Kier molecular flexibility index (Phi) is 4.22. The summed E-state index contributed by atoms with van der Waals surface area (Å²) in [7, 11) is 0. The second kappa shape index (κ2) is 5.48. The molecule has 1 saturated carbocycles. The van der Waals surface area contributed by atoms with Gasteiger partial charge in [-0.3, -0.25) is 0 Å². The maximum absolute atomic E-state index is 13.4. The van der Waals surface area contributed by atoms with Crippen molar-refractivity contribution in [3.8, 4) is 0 Å². The smallest absolute Gasteiger partial charge is 0.128 e. The average molecular weight is 307 g/mol. The summed E-state index contributed by atoms with van der Waals surface area (Å²) in [5.41, 5.74) is 0.683. The number of nitrogens with one attached hydrogen (secondary N) is 1. The highest BCUT2D eigenvalue weighted by Crippen LogP contribution is 2.35. The quantitative estimate of drug-likeness (QED) is 0.818. The molecule has 2 rings (SSSR count). The first-order valence-electron chi connectivity index (χ1n) is 5.45. The van der Waals surface area contributed by atoms with Crippen molar-refractivity contribution in [2.75, 3.05) is 6.54 Å². The van der Waals surface area contributed by atoms with E-state index in [9.17, 15) is 4.39 Å². The van der Waals surface area contributed by atoms with E-state index in [0.29, 0.717) is 18.0 Å². The normalized spacial score (nSPS) is 17.4. The zero-order valence-electron chi connectivity index (χ0n) is 8.85. The van der Waals surface area contributed by atoms with Gasteiger partial charge in [0.05, 0.1) is 0 Å². The van der Waals surface area contributed by atoms with Crippen LogP contribution in [0.15, 0.2) is 22.7 Å². The Morgan fingerprint density at radius 2 is 2.25 bits per heavy atom. The van der Waals surface area contributed by atoms with E-state index < -0.39 is 0 Å². The van der Waals surface area contributed by atoms with Crippen molar-refractivity contribution in [2.24, 2.45) is 5.92 Å². The number of hydrogen-bond donors (Lipinski definition) is 1. The first-order valence-corrected chi connectivity index (χ1v) is 6.68.